The fourth-order valence-electron chi connectivity index (χ4n) is 3.55. The average molecular weight is 498 g/mol. The Balaban J connectivity index is 2.21. The van der Waals surface area contributed by atoms with Crippen LogP contribution < -0.4 is 21.7 Å². The van der Waals surface area contributed by atoms with E-state index in [0.717, 1.165) is 17.1 Å². The van der Waals surface area contributed by atoms with E-state index in [9.17, 15) is 14.4 Å². The molecular formula is C25H31N5O4S. The van der Waals surface area contributed by atoms with E-state index in [1.807, 2.05) is 32.9 Å². The molecule has 2 aromatic heterocycles. The molecule has 1 atom stereocenters. The number of rotatable bonds is 7. The predicted octanol–water partition coefficient (Wildman–Crippen LogP) is 4.15. The highest BCUT2D eigenvalue weighted by molar-refractivity contribution is 7.09. The van der Waals surface area contributed by atoms with Crippen molar-refractivity contribution in [3.05, 3.63) is 64.1 Å². The lowest BCUT2D eigenvalue weighted by Crippen LogP contribution is -2.49. The van der Waals surface area contributed by atoms with E-state index in [-0.39, 0.29) is 27.9 Å². The number of furan rings is 1. The van der Waals surface area contributed by atoms with Gasteiger partial charge in [0.05, 0.1) is 5.69 Å². The van der Waals surface area contributed by atoms with Crippen molar-refractivity contribution in [1.82, 2.24) is 9.69 Å². The van der Waals surface area contributed by atoms with Gasteiger partial charge in [0.1, 0.15) is 16.4 Å². The second kappa shape index (κ2) is 9.91. The molecule has 0 spiro atoms. The highest BCUT2D eigenvalue weighted by Crippen LogP contribution is 2.34. The Morgan fingerprint density at radius 3 is 2.17 bits per heavy atom. The predicted molar refractivity (Wildman–Crippen MR) is 136 cm³/mol. The summed E-state index contributed by atoms with van der Waals surface area (Å²) in [5, 5.41) is 2.94. The number of hydrogen-bond acceptors (Lipinski definition) is 7. The van der Waals surface area contributed by atoms with Crippen LogP contribution in [0.25, 0.3) is 0 Å². The number of nitrogens with zero attached hydrogens (tertiary/aromatic N) is 2. The second-order valence-corrected chi connectivity index (χ2v) is 10.4. The molecule has 5 N–H and O–H groups in total. The molecule has 3 rings (SSSR count). The molecule has 2 heterocycles. The Morgan fingerprint density at radius 1 is 1.09 bits per heavy atom. The molecule has 9 nitrogen and oxygen atoms in total. The van der Waals surface area contributed by atoms with Gasteiger partial charge in [-0.25, -0.2) is 0 Å². The zero-order valence-electron chi connectivity index (χ0n) is 20.7. The third-order valence-electron chi connectivity index (χ3n) is 5.25. The van der Waals surface area contributed by atoms with Crippen LogP contribution in [-0.4, -0.2) is 27.6 Å². The molecule has 0 aliphatic rings. The lowest BCUT2D eigenvalue weighted by Gasteiger charge is -2.32. The summed E-state index contributed by atoms with van der Waals surface area (Å²) in [5.41, 5.74) is 12.1. The maximum Gasteiger partial charge on any atom is 0.273 e. The van der Waals surface area contributed by atoms with E-state index < -0.39 is 29.3 Å². The Labute approximate surface area is 208 Å². The lowest BCUT2D eigenvalue weighted by atomic mass is 10.0. The van der Waals surface area contributed by atoms with Gasteiger partial charge in [-0.3, -0.25) is 19.3 Å². The van der Waals surface area contributed by atoms with Crippen LogP contribution in [0.1, 0.15) is 83.8 Å². The molecule has 0 fully saturated rings. The van der Waals surface area contributed by atoms with Crippen molar-refractivity contribution in [1.29, 1.82) is 0 Å². The molecule has 0 aliphatic heterocycles. The lowest BCUT2D eigenvalue weighted by molar-refractivity contribution is -0.124. The highest BCUT2D eigenvalue weighted by atomic mass is 32.1. The monoisotopic (exact) mass is 497 g/mol. The summed E-state index contributed by atoms with van der Waals surface area (Å²) in [6.07, 6.45) is 0. The SMILES string of the molecule is Cc1ccc(C(C(=O)NC(C)(C)C)N(C(=O)c2snc(C(N)=O)c2N)c2ccc(C(C)C)cc2)o1. The van der Waals surface area contributed by atoms with Crippen LogP contribution in [0.5, 0.6) is 0 Å². The number of nitrogen functional groups attached to an aromatic ring is 1. The molecule has 10 heteroatoms. The van der Waals surface area contributed by atoms with Gasteiger partial charge >= 0.3 is 0 Å². The van der Waals surface area contributed by atoms with E-state index in [4.69, 9.17) is 15.9 Å². The van der Waals surface area contributed by atoms with Crippen molar-refractivity contribution in [2.45, 2.75) is 59.0 Å². The van der Waals surface area contributed by atoms with Gasteiger partial charge in [-0.2, -0.15) is 4.37 Å². The Kier molecular flexibility index (Phi) is 7.35. The minimum Gasteiger partial charge on any atom is -0.464 e. The van der Waals surface area contributed by atoms with E-state index in [1.165, 1.54) is 4.90 Å². The number of carbonyl (C=O) groups excluding carboxylic acids is 3. The van der Waals surface area contributed by atoms with Crippen molar-refractivity contribution in [2.24, 2.45) is 5.73 Å². The third kappa shape index (κ3) is 5.71. The van der Waals surface area contributed by atoms with Gasteiger partial charge in [0.25, 0.3) is 17.7 Å². The van der Waals surface area contributed by atoms with Crippen LogP contribution in [0.15, 0.2) is 40.8 Å². The number of aromatic nitrogens is 1. The maximum absolute atomic E-state index is 14.0. The van der Waals surface area contributed by atoms with Gasteiger partial charge in [0.15, 0.2) is 11.7 Å². The van der Waals surface area contributed by atoms with Crippen molar-refractivity contribution in [3.63, 3.8) is 0 Å². The summed E-state index contributed by atoms with van der Waals surface area (Å²) in [6.45, 7) is 11.4. The molecule has 0 saturated carbocycles. The van der Waals surface area contributed by atoms with E-state index in [0.29, 0.717) is 11.4 Å². The number of nitrogens with one attached hydrogen (secondary N) is 1. The fraction of sp³-hybridized carbons (Fsp3) is 0.360. The van der Waals surface area contributed by atoms with Gasteiger partial charge < -0.3 is 21.2 Å². The largest absolute Gasteiger partial charge is 0.464 e. The first kappa shape index (κ1) is 26.0. The second-order valence-electron chi connectivity index (χ2n) is 9.65. The third-order valence-corrected chi connectivity index (χ3v) is 6.10. The normalized spacial score (nSPS) is 12.4. The van der Waals surface area contributed by atoms with Crippen molar-refractivity contribution in [2.75, 3.05) is 10.6 Å². The Hall–Kier alpha value is -3.66. The maximum atomic E-state index is 14.0. The number of hydrogen-bond donors (Lipinski definition) is 3. The summed E-state index contributed by atoms with van der Waals surface area (Å²) < 4.78 is 9.79. The molecule has 1 unspecified atom stereocenters. The molecular weight excluding hydrogens is 466 g/mol. The van der Waals surface area contributed by atoms with E-state index >= 15 is 0 Å². The molecule has 3 aromatic rings. The van der Waals surface area contributed by atoms with Gasteiger partial charge in [0.2, 0.25) is 0 Å². The van der Waals surface area contributed by atoms with Crippen LogP contribution in [0.3, 0.4) is 0 Å². The van der Waals surface area contributed by atoms with E-state index in [1.54, 1.807) is 31.2 Å². The minimum atomic E-state index is -1.15. The van der Waals surface area contributed by atoms with Crippen molar-refractivity contribution < 1.29 is 18.8 Å². The Bertz CT molecular complexity index is 1240. The van der Waals surface area contributed by atoms with Crippen LogP contribution in [-0.2, 0) is 4.79 Å². The molecule has 3 amide bonds. The Morgan fingerprint density at radius 2 is 1.71 bits per heavy atom. The van der Waals surface area contributed by atoms with Gasteiger partial charge in [-0.15, -0.1) is 0 Å². The highest BCUT2D eigenvalue weighted by Gasteiger charge is 2.38. The molecule has 0 bridgehead atoms. The first-order valence-corrected chi connectivity index (χ1v) is 11.9. The van der Waals surface area contributed by atoms with Crippen molar-refractivity contribution >= 4 is 40.6 Å². The van der Waals surface area contributed by atoms with Crippen LogP contribution in [0.2, 0.25) is 0 Å². The summed E-state index contributed by atoms with van der Waals surface area (Å²) >= 11 is 0.757. The standard InChI is InChI=1S/C25H31N5O4S/c1-13(2)15-8-10-16(11-9-15)30(24(33)21-18(26)19(22(27)31)29-35-21)20(17-12-7-14(3)34-17)23(32)28-25(4,5)6/h7-13,20H,26H2,1-6H3,(H2,27,31)(H,28,32). The molecule has 0 aliphatic carbocycles. The molecule has 1 aromatic carbocycles. The summed E-state index contributed by atoms with van der Waals surface area (Å²) in [6, 6.07) is 9.58. The number of nitrogens with two attached hydrogens (primary N) is 2. The zero-order chi connectivity index (χ0) is 26.1. The first-order valence-electron chi connectivity index (χ1n) is 11.2. The van der Waals surface area contributed by atoms with Crippen LogP contribution in [0, 0.1) is 6.92 Å². The van der Waals surface area contributed by atoms with Gasteiger partial charge in [0, 0.05) is 11.2 Å². The number of aryl methyl sites for hydroxylation is 1. The number of amides is 3. The van der Waals surface area contributed by atoms with Crippen LogP contribution >= 0.6 is 11.5 Å². The summed E-state index contributed by atoms with van der Waals surface area (Å²) in [7, 11) is 0. The number of anilines is 2. The zero-order valence-corrected chi connectivity index (χ0v) is 21.5. The number of carbonyl (C=O) groups is 3. The molecule has 0 saturated heterocycles. The van der Waals surface area contributed by atoms with Crippen LogP contribution in [0.4, 0.5) is 11.4 Å². The fourth-order valence-corrected chi connectivity index (χ4v) is 4.30. The summed E-state index contributed by atoms with van der Waals surface area (Å²) in [4.78, 5) is 40.6. The van der Waals surface area contributed by atoms with Gasteiger partial charge in [-0.05, 0) is 75.0 Å². The first-order chi connectivity index (χ1) is 16.3. The molecule has 35 heavy (non-hydrogen) atoms. The molecule has 0 radical (unpaired) electrons. The smallest absolute Gasteiger partial charge is 0.273 e. The molecule has 186 valence electrons. The topological polar surface area (TPSA) is 145 Å². The average Bonchev–Trinajstić information content (AvgIpc) is 3.35. The number of benzene rings is 1. The quantitative estimate of drug-likeness (QED) is 0.447. The van der Waals surface area contributed by atoms with E-state index in [2.05, 4.69) is 23.5 Å². The minimum absolute atomic E-state index is 0.00331. The van der Waals surface area contributed by atoms with Gasteiger partial charge in [-0.1, -0.05) is 26.0 Å². The van der Waals surface area contributed by atoms with Crippen molar-refractivity contribution in [3.8, 4) is 0 Å². The summed E-state index contributed by atoms with van der Waals surface area (Å²) in [5.74, 6) is -0.738. The number of primary amides is 1.